The lowest BCUT2D eigenvalue weighted by molar-refractivity contribution is 0.128. The first-order chi connectivity index (χ1) is 12.9. The number of halogens is 1. The predicted octanol–water partition coefficient (Wildman–Crippen LogP) is 3.77. The van der Waals surface area contributed by atoms with Crippen LogP contribution in [0.5, 0.6) is 0 Å². The van der Waals surface area contributed by atoms with Crippen LogP contribution in [-0.4, -0.2) is 56.8 Å². The Kier molecular flexibility index (Phi) is 11.4. The lowest BCUT2D eigenvalue weighted by atomic mass is 9.87. The van der Waals surface area contributed by atoms with Gasteiger partial charge in [-0.25, -0.2) is 4.99 Å². The highest BCUT2D eigenvalue weighted by atomic mass is 127. The zero-order chi connectivity index (χ0) is 19.7. The Morgan fingerprint density at radius 1 is 1.18 bits per heavy atom. The van der Waals surface area contributed by atoms with Gasteiger partial charge in [-0.2, -0.15) is 0 Å². The molecular formula is C22H39IN4O. The van der Waals surface area contributed by atoms with Crippen molar-refractivity contribution in [2.45, 2.75) is 58.5 Å². The molecule has 1 saturated heterocycles. The average Bonchev–Trinajstić information content (AvgIpc) is 2.65. The van der Waals surface area contributed by atoms with Gasteiger partial charge in [0.15, 0.2) is 5.96 Å². The third-order valence-corrected chi connectivity index (χ3v) is 5.12. The number of piperidine rings is 1. The summed E-state index contributed by atoms with van der Waals surface area (Å²) in [5.74, 6) is 0.924. The molecule has 2 N–H and O–H groups in total. The summed E-state index contributed by atoms with van der Waals surface area (Å²) < 4.78 is 5.18. The van der Waals surface area contributed by atoms with Crippen molar-refractivity contribution in [2.75, 3.05) is 39.9 Å². The summed E-state index contributed by atoms with van der Waals surface area (Å²) in [6, 6.07) is 9.33. The molecule has 0 aromatic heterocycles. The maximum atomic E-state index is 5.18. The molecule has 28 heavy (non-hydrogen) atoms. The van der Waals surface area contributed by atoms with Crippen LogP contribution in [0.1, 0.15) is 51.7 Å². The van der Waals surface area contributed by atoms with Crippen molar-refractivity contribution in [3.05, 3.63) is 35.4 Å². The Balaban J connectivity index is 0.00000392. The van der Waals surface area contributed by atoms with Gasteiger partial charge in [-0.05, 0) is 36.3 Å². The molecule has 0 aliphatic carbocycles. The van der Waals surface area contributed by atoms with E-state index in [-0.39, 0.29) is 29.4 Å². The van der Waals surface area contributed by atoms with Crippen LogP contribution < -0.4 is 10.6 Å². The summed E-state index contributed by atoms with van der Waals surface area (Å²) in [6.45, 7) is 14.5. The van der Waals surface area contributed by atoms with E-state index in [0.29, 0.717) is 12.6 Å². The Bertz CT molecular complexity index is 575. The van der Waals surface area contributed by atoms with Crippen LogP contribution in [0.25, 0.3) is 0 Å². The highest BCUT2D eigenvalue weighted by Gasteiger charge is 2.19. The van der Waals surface area contributed by atoms with Crippen LogP contribution in [-0.2, 0) is 16.7 Å². The van der Waals surface area contributed by atoms with Gasteiger partial charge in [0.05, 0.1) is 13.2 Å². The molecule has 1 fully saturated rings. The van der Waals surface area contributed by atoms with Crippen molar-refractivity contribution >= 4 is 29.9 Å². The number of guanidine groups is 1. The Morgan fingerprint density at radius 3 is 2.36 bits per heavy atom. The van der Waals surface area contributed by atoms with E-state index in [1.165, 1.54) is 11.1 Å². The summed E-state index contributed by atoms with van der Waals surface area (Å²) in [7, 11) is 1.77. The minimum atomic E-state index is 0. The van der Waals surface area contributed by atoms with E-state index in [0.717, 1.165) is 51.6 Å². The van der Waals surface area contributed by atoms with E-state index in [4.69, 9.17) is 9.73 Å². The molecule has 0 spiro atoms. The fourth-order valence-electron chi connectivity index (χ4n) is 3.32. The van der Waals surface area contributed by atoms with E-state index >= 15 is 0 Å². The van der Waals surface area contributed by atoms with Crippen LogP contribution in [0.15, 0.2) is 29.3 Å². The highest BCUT2D eigenvalue weighted by molar-refractivity contribution is 14.0. The molecule has 0 unspecified atom stereocenters. The molecule has 6 heteroatoms. The smallest absolute Gasteiger partial charge is 0.191 e. The summed E-state index contributed by atoms with van der Waals surface area (Å²) in [5.41, 5.74) is 2.80. The first kappa shape index (κ1) is 25.2. The number of hydrogen-bond donors (Lipinski definition) is 2. The fraction of sp³-hybridized carbons (Fsp3) is 0.682. The standard InChI is InChI=1S/C22H38N4O.HI/c1-6-23-21(25-20-11-13-26(14-12-20)15-16-27-5)24-17-18-7-9-19(10-8-18)22(2,3)4;/h7-10,20H,6,11-17H2,1-5H3,(H2,23,24,25);1H. The van der Waals surface area contributed by atoms with Crippen LogP contribution >= 0.6 is 24.0 Å². The van der Waals surface area contributed by atoms with Crippen LogP contribution in [0.3, 0.4) is 0 Å². The number of rotatable bonds is 7. The number of benzene rings is 1. The second-order valence-corrected chi connectivity index (χ2v) is 8.40. The molecule has 1 aromatic carbocycles. The van der Waals surface area contributed by atoms with E-state index in [1.54, 1.807) is 7.11 Å². The summed E-state index contributed by atoms with van der Waals surface area (Å²) in [4.78, 5) is 7.27. The minimum Gasteiger partial charge on any atom is -0.383 e. The van der Waals surface area contributed by atoms with Crippen LogP contribution in [0, 0.1) is 0 Å². The van der Waals surface area contributed by atoms with Gasteiger partial charge in [-0.15, -0.1) is 24.0 Å². The van der Waals surface area contributed by atoms with Gasteiger partial charge in [0.1, 0.15) is 0 Å². The number of likely N-dealkylation sites (tertiary alicyclic amines) is 1. The second kappa shape index (κ2) is 12.6. The lowest BCUT2D eigenvalue weighted by Gasteiger charge is -2.32. The summed E-state index contributed by atoms with van der Waals surface area (Å²) in [5, 5.41) is 7.01. The van der Waals surface area contributed by atoms with Crippen molar-refractivity contribution in [2.24, 2.45) is 4.99 Å². The molecule has 2 rings (SSSR count). The number of hydrogen-bond acceptors (Lipinski definition) is 3. The van der Waals surface area contributed by atoms with Gasteiger partial charge in [0.2, 0.25) is 0 Å². The van der Waals surface area contributed by atoms with Gasteiger partial charge < -0.3 is 20.3 Å². The largest absolute Gasteiger partial charge is 0.383 e. The van der Waals surface area contributed by atoms with Crippen molar-refractivity contribution in [1.82, 2.24) is 15.5 Å². The van der Waals surface area contributed by atoms with E-state index in [2.05, 4.69) is 67.5 Å². The Hall–Kier alpha value is -0.860. The number of nitrogens with zero attached hydrogens (tertiary/aromatic N) is 2. The van der Waals surface area contributed by atoms with E-state index < -0.39 is 0 Å². The summed E-state index contributed by atoms with van der Waals surface area (Å²) in [6.07, 6.45) is 2.29. The van der Waals surface area contributed by atoms with Crippen molar-refractivity contribution in [3.63, 3.8) is 0 Å². The second-order valence-electron chi connectivity index (χ2n) is 8.40. The fourth-order valence-corrected chi connectivity index (χ4v) is 3.32. The van der Waals surface area contributed by atoms with E-state index in [9.17, 15) is 0 Å². The maximum absolute atomic E-state index is 5.18. The van der Waals surface area contributed by atoms with Gasteiger partial charge in [0.25, 0.3) is 0 Å². The minimum absolute atomic E-state index is 0. The highest BCUT2D eigenvalue weighted by Crippen LogP contribution is 2.22. The molecule has 0 bridgehead atoms. The topological polar surface area (TPSA) is 48.9 Å². The van der Waals surface area contributed by atoms with Crippen molar-refractivity contribution in [3.8, 4) is 0 Å². The van der Waals surface area contributed by atoms with E-state index in [1.807, 2.05) is 0 Å². The molecule has 1 aromatic rings. The first-order valence-corrected chi connectivity index (χ1v) is 10.3. The zero-order valence-corrected chi connectivity index (χ0v) is 20.6. The maximum Gasteiger partial charge on any atom is 0.191 e. The quantitative estimate of drug-likeness (QED) is 0.339. The Labute approximate surface area is 188 Å². The molecule has 0 amide bonds. The molecule has 1 aliphatic heterocycles. The summed E-state index contributed by atoms with van der Waals surface area (Å²) >= 11 is 0. The monoisotopic (exact) mass is 502 g/mol. The lowest BCUT2D eigenvalue weighted by Crippen LogP contribution is -2.49. The van der Waals surface area contributed by atoms with Gasteiger partial charge in [-0.1, -0.05) is 45.0 Å². The van der Waals surface area contributed by atoms with Crippen LogP contribution in [0.4, 0.5) is 0 Å². The molecular weight excluding hydrogens is 463 g/mol. The average molecular weight is 502 g/mol. The number of methoxy groups -OCH3 is 1. The third kappa shape index (κ3) is 8.66. The molecule has 0 saturated carbocycles. The van der Waals surface area contributed by atoms with Gasteiger partial charge in [-0.3, -0.25) is 0 Å². The molecule has 0 atom stereocenters. The molecule has 1 aliphatic rings. The first-order valence-electron chi connectivity index (χ1n) is 10.3. The number of aliphatic imine (C=N–C) groups is 1. The molecule has 160 valence electrons. The normalized spacial score (nSPS) is 16.5. The molecule has 5 nitrogen and oxygen atoms in total. The molecule has 1 heterocycles. The molecule has 0 radical (unpaired) electrons. The van der Waals surface area contributed by atoms with Crippen molar-refractivity contribution < 1.29 is 4.74 Å². The Morgan fingerprint density at radius 2 is 1.82 bits per heavy atom. The SMILES string of the molecule is CCNC(=NCc1ccc(C(C)(C)C)cc1)NC1CCN(CCOC)CC1.I. The van der Waals surface area contributed by atoms with Crippen LogP contribution in [0.2, 0.25) is 0 Å². The predicted molar refractivity (Wildman–Crippen MR) is 130 cm³/mol. The number of nitrogens with one attached hydrogen (secondary N) is 2. The van der Waals surface area contributed by atoms with Crippen molar-refractivity contribution in [1.29, 1.82) is 0 Å². The van der Waals surface area contributed by atoms with Gasteiger partial charge >= 0.3 is 0 Å². The third-order valence-electron chi connectivity index (χ3n) is 5.12. The number of ether oxygens (including phenoxy) is 1. The zero-order valence-electron chi connectivity index (χ0n) is 18.3. The van der Waals surface area contributed by atoms with Gasteiger partial charge in [0, 0.05) is 39.3 Å².